The lowest BCUT2D eigenvalue weighted by Gasteiger charge is -2.35. The van der Waals surface area contributed by atoms with Gasteiger partial charge in [0.05, 0.1) is 4.75 Å². The molecule has 1 heterocycles. The number of rotatable bonds is 6. The molecule has 2 aromatic rings. The molecule has 9 heteroatoms. The Bertz CT molecular complexity index is 1140. The van der Waals surface area contributed by atoms with Gasteiger partial charge in [-0.2, -0.15) is 26.3 Å². The fourth-order valence-electron chi connectivity index (χ4n) is 5.48. The summed E-state index contributed by atoms with van der Waals surface area (Å²) in [7, 11) is 0. The van der Waals surface area contributed by atoms with Crippen LogP contribution in [0.15, 0.2) is 60.0 Å². The quantitative estimate of drug-likeness (QED) is 0.333. The highest BCUT2D eigenvalue weighted by Crippen LogP contribution is 2.53. The first kappa shape index (κ1) is 28.6. The zero-order chi connectivity index (χ0) is 27.8. The second kappa shape index (κ2) is 10.6. The smallest absolute Gasteiger partial charge is 0.341 e. The van der Waals surface area contributed by atoms with Crippen molar-refractivity contribution in [3.05, 3.63) is 71.8 Å². The minimum atomic E-state index is -5.51. The molecular formula is C29H31F6NOS. The van der Waals surface area contributed by atoms with E-state index >= 15 is 0 Å². The Balaban J connectivity index is 1.70. The van der Waals surface area contributed by atoms with Crippen LogP contribution in [0.4, 0.5) is 26.3 Å². The SMILES string of the molecule is C=Cc1cccc(SC2(c3ccc(C(C)(C(F)(F)F)C(F)(F)F)cc3)CCN(C(=O)C3CCCCC3)C2)c1. The van der Waals surface area contributed by atoms with Crippen molar-refractivity contribution in [3.8, 4) is 0 Å². The molecule has 2 nitrogen and oxygen atoms in total. The molecule has 0 spiro atoms. The molecule has 4 rings (SSSR count). The van der Waals surface area contributed by atoms with Crippen molar-refractivity contribution in [1.82, 2.24) is 4.90 Å². The van der Waals surface area contributed by atoms with Crippen LogP contribution in [-0.4, -0.2) is 36.2 Å². The summed E-state index contributed by atoms with van der Waals surface area (Å²) in [6, 6.07) is 12.2. The van der Waals surface area contributed by atoms with Crippen molar-refractivity contribution in [2.24, 2.45) is 5.92 Å². The van der Waals surface area contributed by atoms with Crippen molar-refractivity contribution in [2.75, 3.05) is 13.1 Å². The summed E-state index contributed by atoms with van der Waals surface area (Å²) >= 11 is 1.49. The Hall–Kier alpha value is -2.42. The Kier molecular flexibility index (Phi) is 7.99. The minimum Gasteiger partial charge on any atom is -0.341 e. The maximum atomic E-state index is 13.7. The van der Waals surface area contributed by atoms with Crippen molar-refractivity contribution >= 4 is 23.7 Å². The van der Waals surface area contributed by atoms with E-state index in [4.69, 9.17) is 0 Å². The van der Waals surface area contributed by atoms with Crippen LogP contribution in [0.25, 0.3) is 6.08 Å². The molecule has 2 aromatic carbocycles. The average molecular weight is 556 g/mol. The van der Waals surface area contributed by atoms with Gasteiger partial charge in [-0.25, -0.2) is 0 Å². The number of thioether (sulfide) groups is 1. The number of hydrogen-bond donors (Lipinski definition) is 0. The molecule has 0 aromatic heterocycles. The van der Waals surface area contributed by atoms with Gasteiger partial charge in [-0.15, -0.1) is 11.8 Å². The number of carbonyl (C=O) groups excluding carboxylic acids is 1. The van der Waals surface area contributed by atoms with Gasteiger partial charge in [-0.1, -0.05) is 68.3 Å². The number of alkyl halides is 6. The van der Waals surface area contributed by atoms with E-state index in [-0.39, 0.29) is 18.7 Å². The van der Waals surface area contributed by atoms with Gasteiger partial charge in [0.2, 0.25) is 5.91 Å². The Labute approximate surface area is 223 Å². The van der Waals surface area contributed by atoms with Crippen LogP contribution in [-0.2, 0) is 15.0 Å². The van der Waals surface area contributed by atoms with Crippen LogP contribution in [0.5, 0.6) is 0 Å². The second-order valence-electron chi connectivity index (χ2n) is 10.4. The third-order valence-electron chi connectivity index (χ3n) is 8.03. The first-order valence-corrected chi connectivity index (χ1v) is 13.6. The average Bonchev–Trinajstić information content (AvgIpc) is 3.32. The molecule has 1 unspecified atom stereocenters. The molecule has 1 aliphatic carbocycles. The molecule has 2 aliphatic rings. The highest BCUT2D eigenvalue weighted by molar-refractivity contribution is 8.00. The zero-order valence-electron chi connectivity index (χ0n) is 21.2. The molecular weight excluding hydrogens is 524 g/mol. The molecule has 1 atom stereocenters. The summed E-state index contributed by atoms with van der Waals surface area (Å²) in [5, 5.41) is 0. The van der Waals surface area contributed by atoms with E-state index in [9.17, 15) is 31.1 Å². The highest BCUT2D eigenvalue weighted by Gasteiger charge is 2.68. The Morgan fingerprint density at radius 1 is 1.00 bits per heavy atom. The number of benzene rings is 2. The van der Waals surface area contributed by atoms with Gasteiger partial charge < -0.3 is 4.90 Å². The highest BCUT2D eigenvalue weighted by atomic mass is 32.2. The minimum absolute atomic E-state index is 0.0321. The van der Waals surface area contributed by atoms with Crippen LogP contribution in [0, 0.1) is 5.92 Å². The van der Waals surface area contributed by atoms with Gasteiger partial charge in [-0.3, -0.25) is 4.79 Å². The number of amides is 1. The molecule has 0 N–H and O–H groups in total. The first-order chi connectivity index (χ1) is 17.8. The van der Waals surface area contributed by atoms with Gasteiger partial charge in [0.1, 0.15) is 0 Å². The van der Waals surface area contributed by atoms with E-state index in [1.54, 1.807) is 6.08 Å². The Morgan fingerprint density at radius 3 is 2.21 bits per heavy atom. The largest absolute Gasteiger partial charge is 0.406 e. The number of halogens is 6. The third kappa shape index (κ3) is 5.36. The van der Waals surface area contributed by atoms with Crippen molar-refractivity contribution < 1.29 is 31.1 Å². The van der Waals surface area contributed by atoms with E-state index in [1.165, 1.54) is 23.9 Å². The lowest BCUT2D eigenvalue weighted by atomic mass is 9.80. The predicted octanol–water partition coefficient (Wildman–Crippen LogP) is 8.51. The summed E-state index contributed by atoms with van der Waals surface area (Å²) in [5.41, 5.74) is -3.36. The van der Waals surface area contributed by atoms with E-state index in [0.29, 0.717) is 25.1 Å². The molecule has 0 radical (unpaired) electrons. The maximum absolute atomic E-state index is 13.7. The van der Waals surface area contributed by atoms with Crippen molar-refractivity contribution in [1.29, 1.82) is 0 Å². The van der Waals surface area contributed by atoms with Crippen LogP contribution in [0.3, 0.4) is 0 Å². The molecule has 1 amide bonds. The molecule has 1 saturated heterocycles. The van der Waals surface area contributed by atoms with Gasteiger partial charge in [0.25, 0.3) is 0 Å². The summed E-state index contributed by atoms with van der Waals surface area (Å²) in [4.78, 5) is 16.0. The molecule has 206 valence electrons. The monoisotopic (exact) mass is 555 g/mol. The fourth-order valence-corrected chi connectivity index (χ4v) is 6.94. The zero-order valence-corrected chi connectivity index (χ0v) is 22.0. The summed E-state index contributed by atoms with van der Waals surface area (Å²) in [6.45, 7) is 4.78. The first-order valence-electron chi connectivity index (χ1n) is 12.8. The maximum Gasteiger partial charge on any atom is 0.406 e. The molecule has 0 bridgehead atoms. The molecule has 1 aliphatic heterocycles. The van der Waals surface area contributed by atoms with E-state index in [2.05, 4.69) is 6.58 Å². The molecule has 38 heavy (non-hydrogen) atoms. The number of carbonyl (C=O) groups is 1. The predicted molar refractivity (Wildman–Crippen MR) is 138 cm³/mol. The van der Waals surface area contributed by atoms with Crippen LogP contribution < -0.4 is 0 Å². The van der Waals surface area contributed by atoms with Crippen LogP contribution >= 0.6 is 11.8 Å². The second-order valence-corrected chi connectivity index (χ2v) is 11.9. The number of nitrogens with zero attached hydrogens (tertiary/aromatic N) is 1. The van der Waals surface area contributed by atoms with E-state index < -0.39 is 28.1 Å². The number of hydrogen-bond acceptors (Lipinski definition) is 2. The van der Waals surface area contributed by atoms with E-state index in [0.717, 1.165) is 54.7 Å². The summed E-state index contributed by atoms with van der Waals surface area (Å²) < 4.78 is 81.3. The molecule has 2 fully saturated rings. The molecule has 1 saturated carbocycles. The van der Waals surface area contributed by atoms with Gasteiger partial charge in [-0.05, 0) is 55.0 Å². The standard InChI is InChI=1S/C29H31F6NOS/c1-3-20-8-7-11-24(18-20)38-27(16-17-36(19-27)25(37)21-9-5-4-6-10-21)23-14-12-22(13-15-23)26(2,28(30,31)32)29(33,34)35/h3,7-8,11-15,18,21H,1,4-6,9-10,16-17,19H2,2H3. The summed E-state index contributed by atoms with van der Waals surface area (Å²) in [6.07, 6.45) is -3.96. The fraction of sp³-hybridized carbons (Fsp3) is 0.483. The normalized spacial score (nSPS) is 21.5. The van der Waals surface area contributed by atoms with E-state index in [1.807, 2.05) is 29.2 Å². The number of likely N-dealkylation sites (tertiary alicyclic amines) is 1. The lowest BCUT2D eigenvalue weighted by molar-refractivity contribution is -0.297. The van der Waals surface area contributed by atoms with Crippen molar-refractivity contribution in [2.45, 2.75) is 72.9 Å². The summed E-state index contributed by atoms with van der Waals surface area (Å²) in [5.74, 6) is 0.0562. The third-order valence-corrected chi connectivity index (χ3v) is 9.48. The lowest BCUT2D eigenvalue weighted by Crippen LogP contribution is -2.51. The van der Waals surface area contributed by atoms with Gasteiger partial charge in [0.15, 0.2) is 5.41 Å². The topological polar surface area (TPSA) is 20.3 Å². The van der Waals surface area contributed by atoms with Crippen LogP contribution in [0.2, 0.25) is 0 Å². The van der Waals surface area contributed by atoms with Crippen molar-refractivity contribution in [3.63, 3.8) is 0 Å². The van der Waals surface area contributed by atoms with Gasteiger partial charge >= 0.3 is 12.4 Å². The Morgan fingerprint density at radius 2 is 1.63 bits per heavy atom. The van der Waals surface area contributed by atoms with Gasteiger partial charge in [0, 0.05) is 23.9 Å². The van der Waals surface area contributed by atoms with Crippen LogP contribution in [0.1, 0.15) is 62.1 Å².